The molecule has 1 aromatic carbocycles. The van der Waals surface area contributed by atoms with Crippen LogP contribution in [0.2, 0.25) is 0 Å². The van der Waals surface area contributed by atoms with Crippen molar-refractivity contribution in [3.8, 4) is 0 Å². The van der Waals surface area contributed by atoms with Crippen LogP contribution < -0.4 is 0 Å². The molecule has 2 N–H and O–H groups in total. The lowest BCUT2D eigenvalue weighted by atomic mass is 9.84. The van der Waals surface area contributed by atoms with Gasteiger partial charge in [-0.05, 0) is 118 Å². The van der Waals surface area contributed by atoms with E-state index in [9.17, 15) is 5.11 Å². The minimum absolute atomic E-state index is 0.381. The number of rotatable bonds is 5. The molecule has 6 heteroatoms. The first kappa shape index (κ1) is 45.1. The zero-order chi connectivity index (χ0) is 34.1. The third kappa shape index (κ3) is 18.2. The van der Waals surface area contributed by atoms with Gasteiger partial charge < -0.3 is 24.9 Å². The Kier molecular flexibility index (Phi) is 27.8. The van der Waals surface area contributed by atoms with Crippen LogP contribution in [-0.4, -0.2) is 114 Å². The summed E-state index contributed by atoms with van der Waals surface area (Å²) in [5.74, 6) is 0.574. The van der Waals surface area contributed by atoms with Crippen molar-refractivity contribution < 1.29 is 10.2 Å². The first-order chi connectivity index (χ1) is 21.1. The van der Waals surface area contributed by atoms with Gasteiger partial charge in [0.25, 0.3) is 0 Å². The zero-order valence-electron chi connectivity index (χ0n) is 31.8. The SMILES string of the molecule is CC.CC.CC.CC(C)N1CCC(CO)CC1.CC(C)N1CCC(O)(c2ccccc2)CC1.CC(C)N1CCCN(C)CC1. The summed E-state index contributed by atoms with van der Waals surface area (Å²) < 4.78 is 0. The highest BCUT2D eigenvalue weighted by Crippen LogP contribution is 2.33. The van der Waals surface area contributed by atoms with Crippen LogP contribution in [-0.2, 0) is 5.60 Å². The van der Waals surface area contributed by atoms with Crippen molar-refractivity contribution in [2.45, 2.75) is 139 Å². The van der Waals surface area contributed by atoms with E-state index in [-0.39, 0.29) is 0 Å². The first-order valence-corrected chi connectivity index (χ1v) is 18.3. The molecule has 0 aromatic heterocycles. The van der Waals surface area contributed by atoms with Gasteiger partial charge in [0, 0.05) is 50.9 Å². The highest BCUT2D eigenvalue weighted by molar-refractivity contribution is 5.23. The second-order valence-corrected chi connectivity index (χ2v) is 12.6. The van der Waals surface area contributed by atoms with Crippen molar-refractivity contribution in [1.29, 1.82) is 0 Å². The number of nitrogens with zero attached hydrogens (tertiary/aromatic N) is 4. The Labute approximate surface area is 276 Å². The summed E-state index contributed by atoms with van der Waals surface area (Å²) in [5.41, 5.74) is 0.463. The number of hydrogen-bond acceptors (Lipinski definition) is 6. The van der Waals surface area contributed by atoms with Crippen molar-refractivity contribution in [3.05, 3.63) is 35.9 Å². The smallest absolute Gasteiger partial charge is 0.0920 e. The van der Waals surface area contributed by atoms with E-state index in [4.69, 9.17) is 5.11 Å². The number of piperidine rings is 2. The lowest BCUT2D eigenvalue weighted by Crippen LogP contribution is -2.45. The van der Waals surface area contributed by atoms with Crippen LogP contribution in [0.1, 0.15) is 121 Å². The number of likely N-dealkylation sites (N-methyl/N-ethyl adjacent to an activating group) is 1. The minimum atomic E-state index is -0.605. The maximum Gasteiger partial charge on any atom is 0.0920 e. The van der Waals surface area contributed by atoms with Crippen LogP contribution in [0.3, 0.4) is 0 Å². The van der Waals surface area contributed by atoms with E-state index < -0.39 is 5.60 Å². The molecule has 0 aliphatic carbocycles. The van der Waals surface area contributed by atoms with Crippen LogP contribution in [0, 0.1) is 5.92 Å². The monoisotopic (exact) mass is 623 g/mol. The molecule has 3 saturated heterocycles. The minimum Gasteiger partial charge on any atom is -0.396 e. The standard InChI is InChI=1S/C14H21NO.C9H20N2.C9H19NO.3C2H6/c1-12(2)15-10-8-14(16,9-11-15)13-6-4-3-5-7-13;1-9(2)11-6-4-5-10(3)7-8-11;1-8(2)10-5-3-9(7-11)4-6-10;3*1-2/h3-7,12,16H,8-11H2,1-2H3;9H,4-8H2,1-3H3;8-9,11H,3-7H2,1-2H3;3*1-2H3. The van der Waals surface area contributed by atoms with Gasteiger partial charge in [-0.25, -0.2) is 0 Å². The topological polar surface area (TPSA) is 53.4 Å². The molecule has 3 heterocycles. The van der Waals surface area contributed by atoms with E-state index in [1.807, 2.05) is 71.9 Å². The average molecular weight is 623 g/mol. The molecule has 3 aliphatic rings. The highest BCUT2D eigenvalue weighted by atomic mass is 16.3. The van der Waals surface area contributed by atoms with Gasteiger partial charge in [-0.2, -0.15) is 0 Å². The van der Waals surface area contributed by atoms with Gasteiger partial charge in [-0.3, -0.25) is 4.90 Å². The summed E-state index contributed by atoms with van der Waals surface area (Å²) in [7, 11) is 2.21. The van der Waals surface area contributed by atoms with Crippen LogP contribution in [0.15, 0.2) is 30.3 Å². The van der Waals surface area contributed by atoms with Gasteiger partial charge in [0.2, 0.25) is 0 Å². The van der Waals surface area contributed by atoms with Crippen molar-refractivity contribution in [2.75, 3.05) is 66.0 Å². The lowest BCUT2D eigenvalue weighted by Gasteiger charge is -2.40. The third-order valence-electron chi connectivity index (χ3n) is 8.79. The van der Waals surface area contributed by atoms with Gasteiger partial charge in [-0.15, -0.1) is 0 Å². The summed E-state index contributed by atoms with van der Waals surface area (Å²) in [6, 6.07) is 12.0. The molecule has 6 nitrogen and oxygen atoms in total. The fourth-order valence-corrected chi connectivity index (χ4v) is 5.68. The maximum atomic E-state index is 10.6. The fraction of sp³-hybridized carbons (Fsp3) is 0.842. The Bertz CT molecular complexity index is 728. The number of hydrogen-bond donors (Lipinski definition) is 2. The quantitative estimate of drug-likeness (QED) is 0.353. The average Bonchev–Trinajstić information content (AvgIpc) is 3.29. The summed E-state index contributed by atoms with van der Waals surface area (Å²) in [4.78, 5) is 9.88. The maximum absolute atomic E-state index is 10.6. The van der Waals surface area contributed by atoms with Crippen molar-refractivity contribution in [3.63, 3.8) is 0 Å². The largest absolute Gasteiger partial charge is 0.396 e. The van der Waals surface area contributed by atoms with E-state index >= 15 is 0 Å². The number of likely N-dealkylation sites (tertiary alicyclic amines) is 2. The van der Waals surface area contributed by atoms with Crippen LogP contribution >= 0.6 is 0 Å². The van der Waals surface area contributed by atoms with Crippen molar-refractivity contribution in [1.82, 2.24) is 19.6 Å². The van der Waals surface area contributed by atoms with Gasteiger partial charge in [0.1, 0.15) is 0 Å². The van der Waals surface area contributed by atoms with E-state index in [1.165, 1.54) is 58.5 Å². The summed E-state index contributed by atoms with van der Waals surface area (Å²) in [5, 5.41) is 19.5. The van der Waals surface area contributed by atoms with Gasteiger partial charge in [0.15, 0.2) is 0 Å². The van der Waals surface area contributed by atoms with Crippen LogP contribution in [0.4, 0.5) is 0 Å². The Morgan fingerprint density at radius 1 is 0.636 bits per heavy atom. The Hall–Kier alpha value is -1.02. The van der Waals surface area contributed by atoms with Crippen LogP contribution in [0.25, 0.3) is 0 Å². The molecule has 0 spiro atoms. The molecule has 1 aromatic rings. The second kappa shape index (κ2) is 27.1. The number of aliphatic hydroxyl groups is 2. The van der Waals surface area contributed by atoms with Crippen molar-refractivity contribution >= 4 is 0 Å². The summed E-state index contributed by atoms with van der Waals surface area (Å²) in [6.45, 7) is 35.2. The molecule has 0 unspecified atom stereocenters. The summed E-state index contributed by atoms with van der Waals surface area (Å²) >= 11 is 0. The van der Waals surface area contributed by atoms with Gasteiger partial charge >= 0.3 is 0 Å². The van der Waals surface area contributed by atoms with E-state index in [0.29, 0.717) is 24.6 Å². The second-order valence-electron chi connectivity index (χ2n) is 12.6. The molecule has 44 heavy (non-hydrogen) atoms. The van der Waals surface area contributed by atoms with E-state index in [1.54, 1.807) is 0 Å². The van der Waals surface area contributed by atoms with E-state index in [0.717, 1.165) is 37.5 Å². The normalized spacial score (nSPS) is 19.9. The highest BCUT2D eigenvalue weighted by Gasteiger charge is 2.34. The predicted molar refractivity (Wildman–Crippen MR) is 196 cm³/mol. The van der Waals surface area contributed by atoms with Crippen molar-refractivity contribution in [2.24, 2.45) is 5.92 Å². The number of aliphatic hydroxyl groups excluding tert-OH is 1. The predicted octanol–water partition coefficient (Wildman–Crippen LogP) is 7.59. The lowest BCUT2D eigenvalue weighted by molar-refractivity contribution is -0.0323. The Morgan fingerprint density at radius 3 is 1.50 bits per heavy atom. The molecule has 262 valence electrons. The summed E-state index contributed by atoms with van der Waals surface area (Å²) in [6.07, 6.45) is 5.36. The third-order valence-corrected chi connectivity index (χ3v) is 8.79. The molecular weight excluding hydrogens is 544 g/mol. The Balaban J connectivity index is 0. The van der Waals surface area contributed by atoms with E-state index in [2.05, 4.69) is 68.2 Å². The molecule has 4 rings (SSSR count). The molecule has 0 saturated carbocycles. The number of benzene rings is 1. The molecular formula is C38H78N4O2. The fourth-order valence-electron chi connectivity index (χ4n) is 5.68. The molecule has 0 atom stereocenters. The zero-order valence-corrected chi connectivity index (χ0v) is 31.8. The molecule has 3 fully saturated rings. The van der Waals surface area contributed by atoms with Gasteiger partial charge in [-0.1, -0.05) is 71.9 Å². The molecule has 3 aliphatic heterocycles. The molecule has 0 radical (unpaired) electrons. The Morgan fingerprint density at radius 2 is 1.07 bits per heavy atom. The van der Waals surface area contributed by atoms with Crippen LogP contribution in [0.5, 0.6) is 0 Å². The molecule has 0 bridgehead atoms. The molecule has 0 amide bonds. The van der Waals surface area contributed by atoms with Gasteiger partial charge in [0.05, 0.1) is 5.60 Å². The first-order valence-electron chi connectivity index (χ1n) is 18.3.